The molecule has 0 amide bonds. The molecule has 2 aromatic heterocycles. The highest BCUT2D eigenvalue weighted by molar-refractivity contribution is 5.92. The molecule has 0 unspecified atom stereocenters. The number of hydrogen-bond donors (Lipinski definition) is 2. The van der Waals surface area contributed by atoms with Crippen LogP contribution in [-0.4, -0.2) is 16.1 Å². The van der Waals surface area contributed by atoms with Gasteiger partial charge < -0.3 is 14.5 Å². The van der Waals surface area contributed by atoms with E-state index in [2.05, 4.69) is 4.98 Å². The molecular weight excluding hydrogens is 158 g/mol. The monoisotopic (exact) mass is 165 g/mol. The summed E-state index contributed by atoms with van der Waals surface area (Å²) in [5, 5.41) is 8.62. The van der Waals surface area contributed by atoms with E-state index in [0.29, 0.717) is 5.58 Å². The van der Waals surface area contributed by atoms with Crippen molar-refractivity contribution in [3.05, 3.63) is 23.6 Å². The molecule has 12 heavy (non-hydrogen) atoms. The van der Waals surface area contributed by atoms with Gasteiger partial charge in [0.1, 0.15) is 5.69 Å². The topological polar surface area (TPSA) is 66.2 Å². The minimum absolute atomic E-state index is 0.160. The van der Waals surface area contributed by atoms with Gasteiger partial charge in [0.15, 0.2) is 5.58 Å². The highest BCUT2D eigenvalue weighted by Crippen LogP contribution is 2.20. The van der Waals surface area contributed by atoms with Crippen LogP contribution in [0.2, 0.25) is 0 Å². The fourth-order valence-corrected chi connectivity index (χ4v) is 1.15. The lowest BCUT2D eigenvalue weighted by atomic mass is 10.3. The van der Waals surface area contributed by atoms with Crippen LogP contribution >= 0.6 is 0 Å². The van der Waals surface area contributed by atoms with Gasteiger partial charge in [-0.05, 0) is 6.92 Å². The van der Waals surface area contributed by atoms with Gasteiger partial charge in [-0.1, -0.05) is 0 Å². The fraction of sp³-hybridized carbons (Fsp3) is 0.125. The van der Waals surface area contributed by atoms with Crippen LogP contribution in [0.5, 0.6) is 0 Å². The minimum Gasteiger partial charge on any atom is -0.477 e. The minimum atomic E-state index is -0.971. The van der Waals surface area contributed by atoms with Crippen molar-refractivity contribution < 1.29 is 14.3 Å². The number of aromatic nitrogens is 1. The van der Waals surface area contributed by atoms with E-state index < -0.39 is 5.97 Å². The van der Waals surface area contributed by atoms with Crippen molar-refractivity contribution in [2.24, 2.45) is 0 Å². The summed E-state index contributed by atoms with van der Waals surface area (Å²) in [5.41, 5.74) is 2.42. The number of fused-ring (bicyclic) bond motifs is 1. The average molecular weight is 165 g/mol. The summed E-state index contributed by atoms with van der Waals surface area (Å²) < 4.78 is 5.08. The molecule has 2 rings (SSSR count). The second kappa shape index (κ2) is 2.14. The molecule has 0 radical (unpaired) electrons. The highest BCUT2D eigenvalue weighted by atomic mass is 16.4. The lowest BCUT2D eigenvalue weighted by molar-refractivity contribution is 0.0691. The zero-order valence-corrected chi connectivity index (χ0v) is 6.42. The van der Waals surface area contributed by atoms with Crippen LogP contribution in [0.4, 0.5) is 0 Å². The van der Waals surface area contributed by atoms with E-state index in [-0.39, 0.29) is 5.69 Å². The fourth-order valence-electron chi connectivity index (χ4n) is 1.15. The Balaban J connectivity index is 2.70. The first-order valence-corrected chi connectivity index (χ1v) is 3.48. The van der Waals surface area contributed by atoms with Crippen molar-refractivity contribution in [1.29, 1.82) is 0 Å². The number of carboxylic acid groups (broad SMARTS) is 1. The summed E-state index contributed by atoms with van der Waals surface area (Å²) in [6, 6.07) is 1.48. The molecule has 0 aliphatic rings. The van der Waals surface area contributed by atoms with E-state index in [1.165, 1.54) is 6.07 Å². The number of H-pyrrole nitrogens is 1. The Kier molecular flexibility index (Phi) is 1.24. The van der Waals surface area contributed by atoms with E-state index in [1.54, 1.807) is 6.26 Å². The first-order valence-electron chi connectivity index (χ1n) is 3.48. The second-order valence-electron chi connectivity index (χ2n) is 2.65. The van der Waals surface area contributed by atoms with Crippen LogP contribution in [0.25, 0.3) is 11.1 Å². The Morgan fingerprint density at radius 1 is 1.67 bits per heavy atom. The summed E-state index contributed by atoms with van der Waals surface area (Å²) >= 11 is 0. The van der Waals surface area contributed by atoms with E-state index >= 15 is 0 Å². The van der Waals surface area contributed by atoms with Gasteiger partial charge >= 0.3 is 5.97 Å². The summed E-state index contributed by atoms with van der Waals surface area (Å²) in [7, 11) is 0. The molecule has 62 valence electrons. The van der Waals surface area contributed by atoms with Gasteiger partial charge in [0, 0.05) is 11.6 Å². The van der Waals surface area contributed by atoms with Crippen molar-refractivity contribution in [2.45, 2.75) is 6.92 Å². The summed E-state index contributed by atoms with van der Waals surface area (Å²) in [6.07, 6.45) is 1.59. The van der Waals surface area contributed by atoms with Gasteiger partial charge in [-0.2, -0.15) is 0 Å². The van der Waals surface area contributed by atoms with Gasteiger partial charge in [-0.25, -0.2) is 4.79 Å². The van der Waals surface area contributed by atoms with Crippen molar-refractivity contribution >= 4 is 17.1 Å². The summed E-state index contributed by atoms with van der Waals surface area (Å²) in [5.74, 6) is -0.971. The second-order valence-corrected chi connectivity index (χ2v) is 2.65. The zero-order chi connectivity index (χ0) is 8.72. The van der Waals surface area contributed by atoms with Gasteiger partial charge in [0.05, 0.1) is 11.8 Å². The molecule has 0 aliphatic heterocycles. The molecular formula is C8H7NO3. The number of furan rings is 1. The number of nitrogens with one attached hydrogen (secondary N) is 1. The van der Waals surface area contributed by atoms with Gasteiger partial charge in [0.25, 0.3) is 0 Å². The molecule has 0 saturated heterocycles. The van der Waals surface area contributed by atoms with Crippen molar-refractivity contribution in [2.75, 3.05) is 0 Å². The SMILES string of the molecule is Cc1coc2cc(C(=O)O)[nH]c12. The molecule has 2 aromatic rings. The number of hydrogen-bond acceptors (Lipinski definition) is 2. The van der Waals surface area contributed by atoms with Crippen LogP contribution < -0.4 is 0 Å². The van der Waals surface area contributed by atoms with Gasteiger partial charge in [-0.3, -0.25) is 0 Å². The van der Waals surface area contributed by atoms with E-state index in [9.17, 15) is 4.79 Å². The Bertz CT molecular complexity index is 438. The molecule has 0 bridgehead atoms. The molecule has 2 heterocycles. The number of aromatic amines is 1. The van der Waals surface area contributed by atoms with Gasteiger partial charge in [-0.15, -0.1) is 0 Å². The Labute approximate surface area is 67.8 Å². The molecule has 0 atom stereocenters. The number of carboxylic acids is 1. The normalized spacial score (nSPS) is 10.8. The maximum Gasteiger partial charge on any atom is 0.352 e. The van der Waals surface area contributed by atoms with Crippen LogP contribution in [0.1, 0.15) is 16.1 Å². The highest BCUT2D eigenvalue weighted by Gasteiger charge is 2.10. The largest absolute Gasteiger partial charge is 0.477 e. The first kappa shape index (κ1) is 6.97. The predicted octanol–water partition coefficient (Wildman–Crippen LogP) is 1.77. The lowest BCUT2D eigenvalue weighted by Gasteiger charge is -1.84. The summed E-state index contributed by atoms with van der Waals surface area (Å²) in [4.78, 5) is 13.3. The van der Waals surface area contributed by atoms with E-state index in [1.807, 2.05) is 6.92 Å². The number of aryl methyl sites for hydroxylation is 1. The predicted molar refractivity (Wildman–Crippen MR) is 42.3 cm³/mol. The Morgan fingerprint density at radius 2 is 2.42 bits per heavy atom. The number of rotatable bonds is 1. The average Bonchev–Trinajstić information content (AvgIpc) is 2.53. The van der Waals surface area contributed by atoms with Crippen molar-refractivity contribution in [1.82, 2.24) is 4.98 Å². The van der Waals surface area contributed by atoms with Crippen LogP contribution in [0, 0.1) is 6.92 Å². The van der Waals surface area contributed by atoms with Crippen LogP contribution in [-0.2, 0) is 0 Å². The van der Waals surface area contributed by atoms with E-state index in [0.717, 1.165) is 11.1 Å². The lowest BCUT2D eigenvalue weighted by Crippen LogP contribution is -1.95. The van der Waals surface area contributed by atoms with Gasteiger partial charge in [0.2, 0.25) is 0 Å². The summed E-state index contributed by atoms with van der Waals surface area (Å²) in [6.45, 7) is 1.86. The molecule has 2 N–H and O–H groups in total. The maximum absolute atomic E-state index is 10.5. The Hall–Kier alpha value is -1.71. The third-order valence-electron chi connectivity index (χ3n) is 1.77. The van der Waals surface area contributed by atoms with E-state index in [4.69, 9.17) is 9.52 Å². The molecule has 4 heteroatoms. The van der Waals surface area contributed by atoms with Crippen molar-refractivity contribution in [3.63, 3.8) is 0 Å². The number of aromatic carboxylic acids is 1. The molecule has 0 spiro atoms. The number of carbonyl (C=O) groups is 1. The van der Waals surface area contributed by atoms with Crippen LogP contribution in [0.15, 0.2) is 16.7 Å². The quantitative estimate of drug-likeness (QED) is 0.676. The van der Waals surface area contributed by atoms with Crippen LogP contribution in [0.3, 0.4) is 0 Å². The Morgan fingerprint density at radius 3 is 3.00 bits per heavy atom. The molecule has 4 nitrogen and oxygen atoms in total. The zero-order valence-electron chi connectivity index (χ0n) is 6.42. The molecule has 0 aromatic carbocycles. The third-order valence-corrected chi connectivity index (χ3v) is 1.77. The molecule has 0 fully saturated rings. The maximum atomic E-state index is 10.5. The van der Waals surface area contributed by atoms with Crippen molar-refractivity contribution in [3.8, 4) is 0 Å². The molecule has 0 aliphatic carbocycles. The standard InChI is InChI=1S/C8H7NO3/c1-4-3-12-6-2-5(8(10)11)9-7(4)6/h2-3,9H,1H3,(H,10,11). The molecule has 0 saturated carbocycles. The smallest absolute Gasteiger partial charge is 0.352 e. The first-order chi connectivity index (χ1) is 5.68. The third kappa shape index (κ3) is 0.812.